The Morgan fingerprint density at radius 2 is 1.72 bits per heavy atom. The molecular weight excluding hydrogens is 511 g/mol. The summed E-state index contributed by atoms with van der Waals surface area (Å²) in [6, 6.07) is 13.5. The molecule has 2 heterocycles. The van der Waals surface area contributed by atoms with Crippen LogP contribution in [0.15, 0.2) is 78.0 Å². The Bertz CT molecular complexity index is 1500. The molecule has 0 amide bonds. The summed E-state index contributed by atoms with van der Waals surface area (Å²) >= 11 is 0. The van der Waals surface area contributed by atoms with Crippen LogP contribution in [0.2, 0.25) is 18.1 Å². The van der Waals surface area contributed by atoms with E-state index in [4.69, 9.17) is 9.16 Å². The Labute approximate surface area is 229 Å². The van der Waals surface area contributed by atoms with E-state index in [0.29, 0.717) is 30.1 Å². The number of hydrogen-bond donors (Lipinski definition) is 0. The monoisotopic (exact) mass is 546 g/mol. The van der Waals surface area contributed by atoms with Gasteiger partial charge in [-0.2, -0.15) is 5.10 Å². The highest BCUT2D eigenvalue weighted by molar-refractivity contribution is 6.74. The number of halogens is 1. The second kappa shape index (κ2) is 11.5. The Morgan fingerprint density at radius 1 is 1.03 bits per heavy atom. The van der Waals surface area contributed by atoms with Crippen molar-refractivity contribution in [1.29, 1.82) is 0 Å². The number of ether oxygens (including phenoxy) is 1. The molecular formula is C30H35FN4O3Si. The van der Waals surface area contributed by atoms with Crippen LogP contribution in [-0.2, 0) is 11.0 Å². The van der Waals surface area contributed by atoms with Gasteiger partial charge in [0.15, 0.2) is 8.32 Å². The van der Waals surface area contributed by atoms with Crippen LogP contribution in [0.25, 0.3) is 23.0 Å². The van der Waals surface area contributed by atoms with Crippen LogP contribution in [0, 0.1) is 5.82 Å². The maximum atomic E-state index is 13.6. The molecule has 0 aliphatic rings. The van der Waals surface area contributed by atoms with Crippen molar-refractivity contribution < 1.29 is 13.6 Å². The van der Waals surface area contributed by atoms with Gasteiger partial charge in [-0.1, -0.05) is 39.0 Å². The first-order valence-electron chi connectivity index (χ1n) is 12.8. The Balaban J connectivity index is 1.65. The summed E-state index contributed by atoms with van der Waals surface area (Å²) in [6.07, 6.45) is 8.86. The SMILES string of the molecule is COc1ccc(Cn2cc(-c3nc(/C=C/CO[Si](C)(C)C(C)(C)C)cn(-c4ccc(F)cc4)c3=O)cn2)cc1. The summed E-state index contributed by atoms with van der Waals surface area (Å²) in [5.41, 5.74) is 2.70. The molecule has 2 aromatic carbocycles. The van der Waals surface area contributed by atoms with Gasteiger partial charge in [0.25, 0.3) is 5.56 Å². The minimum absolute atomic E-state index is 0.105. The Hall–Kier alpha value is -3.82. The lowest BCUT2D eigenvalue weighted by atomic mass is 10.2. The maximum Gasteiger partial charge on any atom is 0.281 e. The molecule has 4 aromatic rings. The lowest BCUT2D eigenvalue weighted by Gasteiger charge is -2.35. The average Bonchev–Trinajstić information content (AvgIpc) is 3.36. The van der Waals surface area contributed by atoms with Crippen molar-refractivity contribution in [2.24, 2.45) is 0 Å². The van der Waals surface area contributed by atoms with Crippen molar-refractivity contribution in [3.05, 3.63) is 101 Å². The summed E-state index contributed by atoms with van der Waals surface area (Å²) in [5, 5.41) is 4.56. The highest BCUT2D eigenvalue weighted by Crippen LogP contribution is 2.36. The fourth-order valence-corrected chi connectivity index (χ4v) is 4.65. The van der Waals surface area contributed by atoms with Crippen molar-refractivity contribution in [2.45, 2.75) is 45.4 Å². The predicted molar refractivity (Wildman–Crippen MR) is 155 cm³/mol. The van der Waals surface area contributed by atoms with Gasteiger partial charge in [-0.25, -0.2) is 9.37 Å². The van der Waals surface area contributed by atoms with Gasteiger partial charge in [0.05, 0.1) is 32.2 Å². The molecule has 0 aliphatic carbocycles. The molecule has 4 rings (SSSR count). The van der Waals surface area contributed by atoms with Gasteiger partial charge in [-0.05, 0) is 66.2 Å². The molecule has 0 saturated carbocycles. The lowest BCUT2D eigenvalue weighted by molar-refractivity contribution is 0.328. The lowest BCUT2D eigenvalue weighted by Crippen LogP contribution is -2.40. The van der Waals surface area contributed by atoms with E-state index in [0.717, 1.165) is 11.3 Å². The van der Waals surface area contributed by atoms with Crippen molar-refractivity contribution in [2.75, 3.05) is 13.7 Å². The third-order valence-electron chi connectivity index (χ3n) is 7.07. The summed E-state index contributed by atoms with van der Waals surface area (Å²) < 4.78 is 28.3. The van der Waals surface area contributed by atoms with Crippen molar-refractivity contribution in [1.82, 2.24) is 19.3 Å². The summed E-state index contributed by atoms with van der Waals surface area (Å²) in [5.74, 6) is 0.411. The van der Waals surface area contributed by atoms with Crippen LogP contribution < -0.4 is 10.3 Å². The summed E-state index contributed by atoms with van der Waals surface area (Å²) in [7, 11) is -0.270. The van der Waals surface area contributed by atoms with Gasteiger partial charge in [-0.15, -0.1) is 0 Å². The van der Waals surface area contributed by atoms with Crippen molar-refractivity contribution in [3.63, 3.8) is 0 Å². The Morgan fingerprint density at radius 3 is 2.36 bits per heavy atom. The molecule has 0 aliphatic heterocycles. The van der Waals surface area contributed by atoms with E-state index in [1.807, 2.05) is 36.4 Å². The van der Waals surface area contributed by atoms with Crippen LogP contribution in [0.4, 0.5) is 4.39 Å². The molecule has 0 atom stereocenters. The first-order chi connectivity index (χ1) is 18.5. The molecule has 7 nitrogen and oxygen atoms in total. The normalized spacial score (nSPS) is 12.3. The van der Waals surface area contributed by atoms with E-state index in [1.165, 1.54) is 16.7 Å². The summed E-state index contributed by atoms with van der Waals surface area (Å²) in [4.78, 5) is 18.2. The smallest absolute Gasteiger partial charge is 0.281 e. The molecule has 9 heteroatoms. The molecule has 0 N–H and O–H groups in total. The minimum atomic E-state index is -1.90. The van der Waals surface area contributed by atoms with Gasteiger partial charge < -0.3 is 9.16 Å². The topological polar surface area (TPSA) is 71.2 Å². The van der Waals surface area contributed by atoms with E-state index < -0.39 is 8.32 Å². The van der Waals surface area contributed by atoms with Crippen LogP contribution in [0.1, 0.15) is 32.0 Å². The number of hydrogen-bond acceptors (Lipinski definition) is 5. The van der Waals surface area contributed by atoms with E-state index in [1.54, 1.807) is 42.5 Å². The molecule has 39 heavy (non-hydrogen) atoms. The second-order valence-electron chi connectivity index (χ2n) is 10.9. The second-order valence-corrected chi connectivity index (χ2v) is 15.7. The standard InChI is InChI=1S/C30H35FN4O3Si/c1-30(2,3)39(5,6)38-17-7-8-25-21-35(26-13-11-24(31)12-14-26)29(36)28(33-25)23-18-32-34(20-23)19-22-9-15-27(37-4)16-10-22/h7-16,18,20-21H,17,19H2,1-6H3/b8-7+. The van der Waals surface area contributed by atoms with Crippen LogP contribution in [-0.4, -0.2) is 41.4 Å². The highest BCUT2D eigenvalue weighted by atomic mass is 28.4. The van der Waals surface area contributed by atoms with Crippen molar-refractivity contribution in [3.8, 4) is 22.7 Å². The van der Waals surface area contributed by atoms with E-state index in [9.17, 15) is 9.18 Å². The van der Waals surface area contributed by atoms with Gasteiger partial charge in [0.1, 0.15) is 17.3 Å². The van der Waals surface area contributed by atoms with Crippen LogP contribution in [0.5, 0.6) is 5.75 Å². The van der Waals surface area contributed by atoms with E-state index >= 15 is 0 Å². The number of nitrogens with zero attached hydrogens (tertiary/aromatic N) is 4. The quantitative estimate of drug-likeness (QED) is 0.230. The third-order valence-corrected chi connectivity index (χ3v) is 11.6. The number of rotatable bonds is 9. The first-order valence-corrected chi connectivity index (χ1v) is 15.7. The number of aromatic nitrogens is 4. The zero-order valence-corrected chi connectivity index (χ0v) is 24.3. The largest absolute Gasteiger partial charge is 0.497 e. The molecule has 0 saturated heterocycles. The summed E-state index contributed by atoms with van der Waals surface area (Å²) in [6.45, 7) is 12.0. The minimum Gasteiger partial charge on any atom is -0.497 e. The molecule has 0 unspecified atom stereocenters. The van der Waals surface area contributed by atoms with Gasteiger partial charge in [-0.3, -0.25) is 14.0 Å². The fraction of sp³-hybridized carbons (Fsp3) is 0.300. The number of methoxy groups -OCH3 is 1. The van der Waals surface area contributed by atoms with Crippen LogP contribution in [0.3, 0.4) is 0 Å². The molecule has 0 fully saturated rings. The fourth-order valence-electron chi connectivity index (χ4n) is 3.70. The van der Waals surface area contributed by atoms with Gasteiger partial charge >= 0.3 is 0 Å². The average molecular weight is 547 g/mol. The number of benzene rings is 2. The third kappa shape index (κ3) is 6.79. The molecule has 204 valence electrons. The van der Waals surface area contributed by atoms with Crippen LogP contribution >= 0.6 is 0 Å². The molecule has 0 bridgehead atoms. The first kappa shape index (κ1) is 28.2. The zero-order valence-electron chi connectivity index (χ0n) is 23.3. The molecule has 2 aromatic heterocycles. The van der Waals surface area contributed by atoms with Crippen molar-refractivity contribution >= 4 is 14.4 Å². The molecule has 0 spiro atoms. The Kier molecular flexibility index (Phi) is 8.32. The van der Waals surface area contributed by atoms with E-state index in [-0.39, 0.29) is 22.1 Å². The van der Waals surface area contributed by atoms with Gasteiger partial charge in [0, 0.05) is 23.6 Å². The highest BCUT2D eigenvalue weighted by Gasteiger charge is 2.36. The zero-order chi connectivity index (χ0) is 28.2. The molecule has 0 radical (unpaired) electrons. The van der Waals surface area contributed by atoms with Gasteiger partial charge in [0.2, 0.25) is 0 Å². The van der Waals surface area contributed by atoms with E-state index in [2.05, 4.69) is 43.9 Å². The maximum absolute atomic E-state index is 13.6. The predicted octanol–water partition coefficient (Wildman–Crippen LogP) is 6.33.